The second-order valence-electron chi connectivity index (χ2n) is 6.08. The molecule has 0 heterocycles. The van der Waals surface area contributed by atoms with Gasteiger partial charge in [-0.05, 0) is 13.3 Å². The van der Waals surface area contributed by atoms with Crippen molar-refractivity contribution in [1.29, 1.82) is 0 Å². The Morgan fingerprint density at radius 3 is 1.77 bits per heavy atom. The molecule has 0 saturated carbocycles. The van der Waals surface area contributed by atoms with Gasteiger partial charge in [-0.3, -0.25) is 15.0 Å². The van der Waals surface area contributed by atoms with Crippen LogP contribution in [-0.2, 0) is 9.59 Å². The fourth-order valence-electron chi connectivity index (χ4n) is 2.45. The van der Waals surface area contributed by atoms with E-state index in [2.05, 4.69) is 12.2 Å². The Kier molecular flexibility index (Phi) is 14.1. The van der Waals surface area contributed by atoms with Gasteiger partial charge in [0.15, 0.2) is 0 Å². The van der Waals surface area contributed by atoms with Crippen LogP contribution in [0.2, 0.25) is 0 Å². The lowest BCUT2D eigenvalue weighted by Gasteiger charge is -2.11. The van der Waals surface area contributed by atoms with Crippen molar-refractivity contribution >= 4 is 11.8 Å². The second kappa shape index (κ2) is 14.8. The molecule has 0 rings (SSSR count). The zero-order valence-corrected chi connectivity index (χ0v) is 14.5. The third kappa shape index (κ3) is 12.6. The molecule has 0 aliphatic rings. The average molecular weight is 313 g/mol. The molecule has 0 aliphatic carbocycles. The molecule has 0 unspecified atom stereocenters. The normalized spacial score (nSPS) is 12.0. The maximum atomic E-state index is 11.6. The minimum absolute atomic E-state index is 0.0768. The van der Waals surface area contributed by atoms with Crippen LogP contribution in [0.1, 0.15) is 90.9 Å². The predicted molar refractivity (Wildman–Crippen MR) is 91.0 cm³/mol. The van der Waals surface area contributed by atoms with Gasteiger partial charge in [-0.1, -0.05) is 71.1 Å². The first-order valence-electron chi connectivity index (χ1n) is 8.91. The van der Waals surface area contributed by atoms with E-state index in [-0.39, 0.29) is 11.8 Å². The fourth-order valence-corrected chi connectivity index (χ4v) is 2.45. The summed E-state index contributed by atoms with van der Waals surface area (Å²) in [5, 5.41) is 2.64. The molecular formula is C17H35N3O2. The highest BCUT2D eigenvalue weighted by molar-refractivity contribution is 5.86. The number of nitrogens with one attached hydrogen (secondary N) is 2. The molecule has 0 radical (unpaired) electrons. The molecule has 0 bridgehead atoms. The van der Waals surface area contributed by atoms with Crippen LogP contribution in [0.5, 0.6) is 0 Å². The molecule has 0 saturated heterocycles. The molecule has 22 heavy (non-hydrogen) atoms. The first-order valence-corrected chi connectivity index (χ1v) is 8.91. The van der Waals surface area contributed by atoms with E-state index in [1.54, 1.807) is 6.92 Å². The molecule has 0 aromatic rings. The van der Waals surface area contributed by atoms with Crippen molar-refractivity contribution in [2.24, 2.45) is 5.84 Å². The lowest BCUT2D eigenvalue weighted by atomic mass is 10.1. The zero-order chi connectivity index (χ0) is 16.6. The van der Waals surface area contributed by atoms with Gasteiger partial charge in [0.25, 0.3) is 5.91 Å². The first kappa shape index (κ1) is 20.9. The molecule has 0 fully saturated rings. The monoisotopic (exact) mass is 313 g/mol. The molecule has 1 atom stereocenters. The Morgan fingerprint density at radius 2 is 1.32 bits per heavy atom. The molecule has 0 aromatic heterocycles. The Balaban J connectivity index is 3.32. The van der Waals surface area contributed by atoms with Crippen molar-refractivity contribution in [2.45, 2.75) is 96.9 Å². The van der Waals surface area contributed by atoms with Crippen molar-refractivity contribution in [3.8, 4) is 0 Å². The summed E-state index contributed by atoms with van der Waals surface area (Å²) in [5.41, 5.74) is 2.03. The largest absolute Gasteiger partial charge is 0.345 e. The number of hydrogen-bond acceptors (Lipinski definition) is 3. The first-order chi connectivity index (χ1) is 10.6. The molecule has 5 heteroatoms. The van der Waals surface area contributed by atoms with E-state index in [9.17, 15) is 9.59 Å². The van der Waals surface area contributed by atoms with E-state index in [0.29, 0.717) is 6.42 Å². The number of hydrazine groups is 1. The summed E-state index contributed by atoms with van der Waals surface area (Å²) in [4.78, 5) is 22.8. The van der Waals surface area contributed by atoms with E-state index in [0.717, 1.165) is 12.8 Å². The smallest absolute Gasteiger partial charge is 0.256 e. The van der Waals surface area contributed by atoms with Crippen LogP contribution in [0.15, 0.2) is 0 Å². The van der Waals surface area contributed by atoms with E-state index in [1.807, 2.05) is 5.43 Å². The van der Waals surface area contributed by atoms with Crippen molar-refractivity contribution < 1.29 is 9.59 Å². The van der Waals surface area contributed by atoms with Gasteiger partial charge in [-0.25, -0.2) is 5.84 Å². The van der Waals surface area contributed by atoms with Crippen molar-refractivity contribution in [2.75, 3.05) is 0 Å². The highest BCUT2D eigenvalue weighted by Crippen LogP contribution is 2.11. The number of amides is 2. The summed E-state index contributed by atoms with van der Waals surface area (Å²) in [6.45, 7) is 3.87. The highest BCUT2D eigenvalue weighted by Gasteiger charge is 2.13. The zero-order valence-electron chi connectivity index (χ0n) is 14.5. The molecule has 130 valence electrons. The Labute approximate surface area is 135 Å². The van der Waals surface area contributed by atoms with E-state index in [1.165, 1.54) is 57.8 Å². The van der Waals surface area contributed by atoms with Gasteiger partial charge in [-0.2, -0.15) is 0 Å². The third-order valence-corrected chi connectivity index (χ3v) is 3.92. The van der Waals surface area contributed by atoms with Crippen LogP contribution in [0.25, 0.3) is 0 Å². The standard InChI is InChI=1S/C17H35N3O2/c1-3-4-5-6-7-8-9-10-11-12-13-14-16(21)19-15(2)17(22)20-18/h15H,3-14,18H2,1-2H3,(H,19,21)(H,20,22)/t15-/m0/s1. The molecule has 5 nitrogen and oxygen atoms in total. The number of carbonyl (C=O) groups excluding carboxylic acids is 2. The van der Waals surface area contributed by atoms with E-state index >= 15 is 0 Å². The molecule has 0 aromatic carbocycles. The number of unbranched alkanes of at least 4 members (excludes halogenated alkanes) is 10. The quantitative estimate of drug-likeness (QED) is 0.199. The van der Waals surface area contributed by atoms with Gasteiger partial charge in [0.05, 0.1) is 0 Å². The second-order valence-corrected chi connectivity index (χ2v) is 6.08. The highest BCUT2D eigenvalue weighted by atomic mass is 16.2. The van der Waals surface area contributed by atoms with Crippen LogP contribution in [-0.4, -0.2) is 17.9 Å². The van der Waals surface area contributed by atoms with Crippen LogP contribution in [0.3, 0.4) is 0 Å². The Bertz CT molecular complexity index is 296. The van der Waals surface area contributed by atoms with Gasteiger partial charge in [0.1, 0.15) is 6.04 Å². The van der Waals surface area contributed by atoms with Crippen molar-refractivity contribution in [1.82, 2.24) is 10.7 Å². The summed E-state index contributed by atoms with van der Waals surface area (Å²) in [5.74, 6) is 4.57. The number of hydrogen-bond donors (Lipinski definition) is 3. The summed E-state index contributed by atoms with van der Waals surface area (Å²) >= 11 is 0. The molecule has 0 aliphatic heterocycles. The van der Waals surface area contributed by atoms with Gasteiger partial charge in [-0.15, -0.1) is 0 Å². The Hall–Kier alpha value is -1.10. The van der Waals surface area contributed by atoms with Crippen LogP contribution in [0, 0.1) is 0 Å². The number of nitrogens with two attached hydrogens (primary N) is 1. The lowest BCUT2D eigenvalue weighted by Crippen LogP contribution is -2.47. The van der Waals surface area contributed by atoms with Gasteiger partial charge in [0, 0.05) is 6.42 Å². The number of rotatable bonds is 14. The van der Waals surface area contributed by atoms with Crippen molar-refractivity contribution in [3.63, 3.8) is 0 Å². The van der Waals surface area contributed by atoms with E-state index < -0.39 is 6.04 Å². The number of carbonyl (C=O) groups is 2. The van der Waals surface area contributed by atoms with Gasteiger partial charge >= 0.3 is 0 Å². The summed E-state index contributed by atoms with van der Waals surface area (Å²) in [7, 11) is 0. The average Bonchev–Trinajstić information content (AvgIpc) is 2.51. The van der Waals surface area contributed by atoms with Gasteiger partial charge < -0.3 is 5.32 Å². The lowest BCUT2D eigenvalue weighted by molar-refractivity contribution is -0.128. The van der Waals surface area contributed by atoms with E-state index in [4.69, 9.17) is 5.84 Å². The van der Waals surface area contributed by atoms with Gasteiger partial charge in [0.2, 0.25) is 5.91 Å². The van der Waals surface area contributed by atoms with Crippen molar-refractivity contribution in [3.05, 3.63) is 0 Å². The summed E-state index contributed by atoms with van der Waals surface area (Å²) < 4.78 is 0. The topological polar surface area (TPSA) is 84.2 Å². The maximum Gasteiger partial charge on any atom is 0.256 e. The van der Waals surface area contributed by atoms with Crippen LogP contribution < -0.4 is 16.6 Å². The molecular weight excluding hydrogens is 278 g/mol. The third-order valence-electron chi connectivity index (χ3n) is 3.92. The molecule has 0 spiro atoms. The van der Waals surface area contributed by atoms with Crippen LogP contribution in [0.4, 0.5) is 0 Å². The molecule has 4 N–H and O–H groups in total. The minimum atomic E-state index is -0.565. The summed E-state index contributed by atoms with van der Waals surface area (Å²) in [6.07, 6.45) is 14.4. The maximum absolute atomic E-state index is 11.6. The van der Waals surface area contributed by atoms with Crippen LogP contribution >= 0.6 is 0 Å². The fraction of sp³-hybridized carbons (Fsp3) is 0.882. The summed E-state index contributed by atoms with van der Waals surface area (Å²) in [6, 6.07) is -0.565. The molecule has 2 amide bonds. The SMILES string of the molecule is CCCCCCCCCCCCCC(=O)N[C@@H](C)C(=O)NN. The minimum Gasteiger partial charge on any atom is -0.345 e. The Morgan fingerprint density at radius 1 is 0.864 bits per heavy atom. The predicted octanol–water partition coefficient (Wildman–Crippen LogP) is 3.18.